The fourth-order valence-corrected chi connectivity index (χ4v) is 3.88. The van der Waals surface area contributed by atoms with Gasteiger partial charge in [0.15, 0.2) is 0 Å². The van der Waals surface area contributed by atoms with Crippen molar-refractivity contribution in [1.29, 1.82) is 0 Å². The van der Waals surface area contributed by atoms with E-state index in [1.54, 1.807) is 4.90 Å². The van der Waals surface area contributed by atoms with Crippen molar-refractivity contribution in [2.45, 2.75) is 12.2 Å². The smallest absolute Gasteiger partial charge is 0.416 e. The molecule has 0 fully saturated rings. The van der Waals surface area contributed by atoms with E-state index in [4.69, 9.17) is 5.11 Å². The number of aliphatic hydroxyl groups excluding tert-OH is 1. The first-order valence-corrected chi connectivity index (χ1v) is 9.50. The lowest BCUT2D eigenvalue weighted by Gasteiger charge is -2.41. The van der Waals surface area contributed by atoms with Gasteiger partial charge in [-0.25, -0.2) is 4.39 Å². The van der Waals surface area contributed by atoms with Gasteiger partial charge in [-0.1, -0.05) is 12.1 Å². The zero-order valence-electron chi connectivity index (χ0n) is 16.3. The number of anilines is 2. The molecule has 0 aliphatic carbocycles. The molecule has 168 valence electrons. The van der Waals surface area contributed by atoms with Gasteiger partial charge in [0.05, 0.1) is 40.7 Å². The number of nitrogens with zero attached hydrogens (tertiary/aromatic N) is 1. The van der Waals surface area contributed by atoms with Crippen LogP contribution >= 0.6 is 0 Å². The first-order chi connectivity index (χ1) is 15.1. The molecule has 2 aliphatic rings. The van der Waals surface area contributed by atoms with Gasteiger partial charge in [-0.15, -0.1) is 0 Å². The number of carbonyl (C=O) groups excluding carboxylic acids is 1. The van der Waals surface area contributed by atoms with Crippen LogP contribution in [0.15, 0.2) is 42.0 Å². The monoisotopic (exact) mass is 451 g/mol. The summed E-state index contributed by atoms with van der Waals surface area (Å²) < 4.78 is 53.2. The maximum Gasteiger partial charge on any atom is 0.416 e. The third-order valence-corrected chi connectivity index (χ3v) is 5.36. The summed E-state index contributed by atoms with van der Waals surface area (Å²) in [5, 5.41) is 24.6. The molecule has 1 unspecified atom stereocenters. The zero-order valence-corrected chi connectivity index (χ0v) is 16.3. The Kier molecular flexibility index (Phi) is 5.19. The summed E-state index contributed by atoms with van der Waals surface area (Å²) in [7, 11) is 0. The Balaban J connectivity index is 1.68. The number of amides is 1. The molecule has 0 spiro atoms. The van der Waals surface area contributed by atoms with Crippen molar-refractivity contribution in [2.24, 2.45) is 0 Å². The maximum absolute atomic E-state index is 14.6. The Morgan fingerprint density at radius 3 is 2.47 bits per heavy atom. The highest BCUT2D eigenvalue weighted by atomic mass is 19.4. The molecule has 2 aliphatic heterocycles. The average Bonchev–Trinajstić information content (AvgIpc) is 2.74. The van der Waals surface area contributed by atoms with Gasteiger partial charge in [-0.05, 0) is 29.8 Å². The van der Waals surface area contributed by atoms with E-state index < -0.39 is 47.8 Å². The average molecular weight is 451 g/mol. The van der Waals surface area contributed by atoms with Gasteiger partial charge in [0.2, 0.25) is 0 Å². The van der Waals surface area contributed by atoms with Crippen LogP contribution in [0.4, 0.5) is 28.9 Å². The maximum atomic E-state index is 14.6. The van der Waals surface area contributed by atoms with Gasteiger partial charge in [0, 0.05) is 6.54 Å². The van der Waals surface area contributed by atoms with Gasteiger partial charge >= 0.3 is 12.1 Å². The molecule has 0 radical (unpaired) electrons. The number of alkyl halides is 3. The number of carbonyl (C=O) groups is 2. The second-order valence-corrected chi connectivity index (χ2v) is 7.42. The van der Waals surface area contributed by atoms with Gasteiger partial charge in [-0.3, -0.25) is 9.59 Å². The van der Waals surface area contributed by atoms with E-state index >= 15 is 0 Å². The quantitative estimate of drug-likeness (QED) is 0.533. The number of aliphatic carboxylic acids is 1. The molecule has 11 heteroatoms. The predicted octanol–water partition coefficient (Wildman–Crippen LogP) is 3.30. The number of carboxylic acids is 1. The van der Waals surface area contributed by atoms with Crippen molar-refractivity contribution >= 4 is 29.0 Å². The Bertz CT molecular complexity index is 1130. The Morgan fingerprint density at radius 1 is 1.16 bits per heavy atom. The second-order valence-electron chi connectivity index (χ2n) is 7.42. The second kappa shape index (κ2) is 7.74. The molecule has 0 saturated carbocycles. The molecular weight excluding hydrogens is 434 g/mol. The number of nitrogens with one attached hydrogen (secondary N) is 2. The summed E-state index contributed by atoms with van der Waals surface area (Å²) in [6.45, 7) is -0.655. The van der Waals surface area contributed by atoms with Gasteiger partial charge in [0.1, 0.15) is 18.1 Å². The number of halogens is 4. The zero-order chi connectivity index (χ0) is 23.2. The molecule has 4 rings (SSSR count). The molecule has 0 aromatic heterocycles. The first-order valence-electron chi connectivity index (χ1n) is 9.50. The summed E-state index contributed by atoms with van der Waals surface area (Å²) >= 11 is 0. The fourth-order valence-electron chi connectivity index (χ4n) is 3.88. The number of hydrogen-bond acceptors (Lipinski definition) is 5. The third kappa shape index (κ3) is 3.81. The molecule has 32 heavy (non-hydrogen) atoms. The van der Waals surface area contributed by atoms with Crippen molar-refractivity contribution in [3.63, 3.8) is 0 Å². The van der Waals surface area contributed by atoms with Crippen molar-refractivity contribution in [1.82, 2.24) is 5.32 Å². The highest BCUT2D eigenvalue weighted by Gasteiger charge is 2.37. The number of benzene rings is 2. The highest BCUT2D eigenvalue weighted by Crippen LogP contribution is 2.45. The van der Waals surface area contributed by atoms with E-state index in [1.807, 2.05) is 0 Å². The van der Waals surface area contributed by atoms with Crippen LogP contribution in [0.1, 0.15) is 22.7 Å². The SMILES string of the molecule is O=C(O)CNC(=O)C1=C(O)c2c(F)ccc3c2N(C1)CC(c1ccc(C(F)(F)F)cc1)N3. The minimum Gasteiger partial charge on any atom is -0.507 e. The Labute approximate surface area is 179 Å². The van der Waals surface area contributed by atoms with Crippen LogP contribution in [0.25, 0.3) is 5.76 Å². The lowest BCUT2D eigenvalue weighted by atomic mass is 9.93. The third-order valence-electron chi connectivity index (χ3n) is 5.36. The topological polar surface area (TPSA) is 102 Å². The molecule has 2 aromatic rings. The van der Waals surface area contributed by atoms with Crippen LogP contribution in [0.2, 0.25) is 0 Å². The van der Waals surface area contributed by atoms with Crippen molar-refractivity contribution in [3.05, 3.63) is 64.5 Å². The molecule has 1 amide bonds. The van der Waals surface area contributed by atoms with E-state index in [2.05, 4.69) is 10.6 Å². The number of carboxylic acid groups (broad SMARTS) is 1. The first kappa shape index (κ1) is 21.5. The van der Waals surface area contributed by atoms with E-state index in [1.165, 1.54) is 18.2 Å². The summed E-state index contributed by atoms with van der Waals surface area (Å²) in [5.41, 5.74) is 0.111. The molecular formula is C21H17F4N3O4. The Morgan fingerprint density at radius 2 is 1.84 bits per heavy atom. The molecule has 2 heterocycles. The largest absolute Gasteiger partial charge is 0.507 e. The van der Waals surface area contributed by atoms with E-state index in [0.717, 1.165) is 18.2 Å². The molecule has 4 N–H and O–H groups in total. The predicted molar refractivity (Wildman–Crippen MR) is 107 cm³/mol. The normalized spacial score (nSPS) is 17.5. The van der Waals surface area contributed by atoms with Crippen LogP contribution in [-0.2, 0) is 15.8 Å². The van der Waals surface area contributed by atoms with Gasteiger partial charge in [0.25, 0.3) is 5.91 Å². The molecule has 2 aromatic carbocycles. The van der Waals surface area contributed by atoms with E-state index in [0.29, 0.717) is 16.9 Å². The minimum absolute atomic E-state index is 0.139. The van der Waals surface area contributed by atoms with E-state index in [9.17, 15) is 32.3 Å². The van der Waals surface area contributed by atoms with Crippen molar-refractivity contribution < 1.29 is 37.4 Å². The molecule has 0 saturated heterocycles. The lowest BCUT2D eigenvalue weighted by molar-refractivity contribution is -0.138. The number of rotatable bonds is 4. The molecule has 0 bridgehead atoms. The van der Waals surface area contributed by atoms with Crippen molar-refractivity contribution in [2.75, 3.05) is 29.9 Å². The summed E-state index contributed by atoms with van der Waals surface area (Å²) in [6, 6.07) is 6.68. The van der Waals surface area contributed by atoms with Crippen LogP contribution < -0.4 is 15.5 Å². The van der Waals surface area contributed by atoms with Crippen LogP contribution in [0, 0.1) is 5.82 Å². The fraction of sp³-hybridized carbons (Fsp3) is 0.238. The molecule has 1 atom stereocenters. The number of aliphatic hydroxyl groups is 1. The van der Waals surface area contributed by atoms with Crippen molar-refractivity contribution in [3.8, 4) is 0 Å². The van der Waals surface area contributed by atoms with Crippen LogP contribution in [0.5, 0.6) is 0 Å². The number of hydrogen-bond donors (Lipinski definition) is 4. The highest BCUT2D eigenvalue weighted by molar-refractivity contribution is 6.05. The van der Waals surface area contributed by atoms with Gasteiger partial charge in [-0.2, -0.15) is 13.2 Å². The molecule has 7 nitrogen and oxygen atoms in total. The standard InChI is InChI=1S/C21H17F4N3O4/c22-13-5-6-14-18-17(13)19(31)12(20(32)26-7-16(29)30)8-28(18)9-15(27-14)10-1-3-11(4-2-10)21(23,24)25/h1-6,15,27,31H,7-9H2,(H,26,32)(H,29,30). The minimum atomic E-state index is -4.47. The van der Waals surface area contributed by atoms with Crippen LogP contribution in [0.3, 0.4) is 0 Å². The summed E-state index contributed by atoms with van der Waals surface area (Å²) in [4.78, 5) is 24.8. The summed E-state index contributed by atoms with van der Waals surface area (Å²) in [5.74, 6) is -3.50. The van der Waals surface area contributed by atoms with Crippen LogP contribution in [-0.4, -0.2) is 41.7 Å². The Hall–Kier alpha value is -3.76. The summed E-state index contributed by atoms with van der Waals surface area (Å²) in [6.07, 6.45) is -4.47. The van der Waals surface area contributed by atoms with Gasteiger partial charge < -0.3 is 25.7 Å². The van der Waals surface area contributed by atoms with E-state index in [-0.39, 0.29) is 24.2 Å². The lowest BCUT2D eigenvalue weighted by Crippen LogP contribution is -2.43.